The number of hydrogen-bond donors (Lipinski definition) is 3. The average molecular weight is 347 g/mol. The second-order valence-electron chi connectivity index (χ2n) is 6.67. The molecule has 23 heavy (non-hydrogen) atoms. The zero-order valence-electron chi connectivity index (χ0n) is 13.6. The molecule has 0 aromatic rings. The molecule has 3 atom stereocenters. The number of nitrogens with two attached hydrogens (primary N) is 1. The monoisotopic (exact) mass is 347 g/mol. The van der Waals surface area contributed by atoms with Gasteiger partial charge in [0.1, 0.15) is 0 Å². The fraction of sp³-hybridized carbons (Fsp3) is 0.923. The van der Waals surface area contributed by atoms with E-state index in [0.717, 1.165) is 0 Å². The molecule has 0 aromatic heterocycles. The van der Waals surface area contributed by atoms with Crippen LogP contribution in [0.15, 0.2) is 0 Å². The van der Waals surface area contributed by atoms with Crippen LogP contribution in [0.1, 0.15) is 33.1 Å². The summed E-state index contributed by atoms with van der Waals surface area (Å²) in [4.78, 5) is 14.2. The molecule has 10 heteroatoms. The molecule has 132 valence electrons. The van der Waals surface area contributed by atoms with E-state index in [4.69, 9.17) is 5.73 Å². The van der Waals surface area contributed by atoms with E-state index in [0.29, 0.717) is 32.4 Å². The van der Waals surface area contributed by atoms with Crippen LogP contribution in [0.5, 0.6) is 0 Å². The summed E-state index contributed by atoms with van der Waals surface area (Å²) in [7, 11) is -5.02. The van der Waals surface area contributed by atoms with Crippen LogP contribution in [0.3, 0.4) is 0 Å². The molecule has 1 amide bonds. The number of carbonyl (C=O) groups excluding carboxylic acids is 1. The highest BCUT2D eigenvalue weighted by molar-refractivity contribution is 7.89. The molecule has 2 saturated heterocycles. The lowest BCUT2D eigenvalue weighted by Gasteiger charge is -2.38. The topological polar surface area (TPSA) is 124 Å². The smallest absolute Gasteiger partial charge is 0.426 e. The van der Waals surface area contributed by atoms with Gasteiger partial charge in [0.05, 0.1) is 17.1 Å². The van der Waals surface area contributed by atoms with Crippen LogP contribution < -0.4 is 5.73 Å². The third-order valence-electron chi connectivity index (χ3n) is 4.83. The van der Waals surface area contributed by atoms with Crippen molar-refractivity contribution in [1.29, 1.82) is 0 Å². The highest BCUT2D eigenvalue weighted by Gasteiger charge is 2.44. The number of sulfonamides is 1. The first-order valence-corrected chi connectivity index (χ1v) is 9.57. The van der Waals surface area contributed by atoms with E-state index in [-0.39, 0.29) is 12.5 Å². The van der Waals surface area contributed by atoms with Crippen LogP contribution in [-0.2, 0) is 14.8 Å². The quantitative estimate of drug-likeness (QED) is 0.525. The number of piperidine rings is 1. The minimum absolute atomic E-state index is 0.0608. The highest BCUT2D eigenvalue weighted by atomic mass is 32.2. The van der Waals surface area contributed by atoms with Gasteiger partial charge in [-0.05, 0) is 33.1 Å². The van der Waals surface area contributed by atoms with Gasteiger partial charge in [0.15, 0.2) is 0 Å². The van der Waals surface area contributed by atoms with Crippen molar-refractivity contribution in [2.45, 2.75) is 50.3 Å². The molecular formula is C13H26BN3O5S. The van der Waals surface area contributed by atoms with Crippen LogP contribution in [0.4, 0.5) is 0 Å². The van der Waals surface area contributed by atoms with E-state index < -0.39 is 40.3 Å². The Morgan fingerprint density at radius 3 is 2.48 bits per heavy atom. The van der Waals surface area contributed by atoms with Gasteiger partial charge in [0.2, 0.25) is 15.9 Å². The molecule has 8 nitrogen and oxygen atoms in total. The van der Waals surface area contributed by atoms with Crippen LogP contribution in [0, 0.1) is 5.92 Å². The Morgan fingerprint density at radius 1 is 1.26 bits per heavy atom. The Labute approximate surface area is 137 Å². The molecular weight excluding hydrogens is 321 g/mol. The van der Waals surface area contributed by atoms with Gasteiger partial charge >= 0.3 is 7.12 Å². The zero-order valence-corrected chi connectivity index (χ0v) is 14.4. The lowest BCUT2D eigenvalue weighted by molar-refractivity contribution is -0.137. The van der Waals surface area contributed by atoms with Gasteiger partial charge in [-0.3, -0.25) is 4.79 Å². The summed E-state index contributed by atoms with van der Waals surface area (Å²) in [6.07, 6.45) is 1.64. The van der Waals surface area contributed by atoms with Crippen molar-refractivity contribution in [3.05, 3.63) is 0 Å². The summed E-state index contributed by atoms with van der Waals surface area (Å²) in [5.41, 5.74) is 6.06. The van der Waals surface area contributed by atoms with Gasteiger partial charge in [0, 0.05) is 25.7 Å². The van der Waals surface area contributed by atoms with Crippen molar-refractivity contribution in [2.75, 3.05) is 19.6 Å². The molecule has 0 unspecified atom stereocenters. The molecule has 2 aliphatic heterocycles. The number of nitrogens with zero attached hydrogens (tertiary/aromatic N) is 2. The maximum absolute atomic E-state index is 12.8. The van der Waals surface area contributed by atoms with E-state index in [1.807, 2.05) is 0 Å². The van der Waals surface area contributed by atoms with Crippen molar-refractivity contribution in [2.24, 2.45) is 11.7 Å². The maximum Gasteiger partial charge on any atom is 0.475 e. The molecule has 4 N–H and O–H groups in total. The largest absolute Gasteiger partial charge is 0.475 e. The third-order valence-corrected chi connectivity index (χ3v) is 7.07. The van der Waals surface area contributed by atoms with Crippen LogP contribution in [0.2, 0.25) is 0 Å². The molecule has 0 aromatic carbocycles. The molecule has 2 rings (SSSR count). The summed E-state index contributed by atoms with van der Waals surface area (Å²) in [5, 5.41) is 18.3. The van der Waals surface area contributed by atoms with E-state index in [1.54, 1.807) is 13.8 Å². The first-order valence-electron chi connectivity index (χ1n) is 8.07. The molecule has 0 aliphatic carbocycles. The van der Waals surface area contributed by atoms with Crippen molar-refractivity contribution in [3.63, 3.8) is 0 Å². The summed E-state index contributed by atoms with van der Waals surface area (Å²) in [6.45, 7) is 4.04. The van der Waals surface area contributed by atoms with E-state index in [9.17, 15) is 23.3 Å². The van der Waals surface area contributed by atoms with E-state index in [1.165, 1.54) is 9.21 Å². The fourth-order valence-electron chi connectivity index (χ4n) is 3.32. The molecule has 0 saturated carbocycles. The Morgan fingerprint density at radius 2 is 1.91 bits per heavy atom. The van der Waals surface area contributed by atoms with Gasteiger partial charge in [-0.1, -0.05) is 0 Å². The highest BCUT2D eigenvalue weighted by Crippen LogP contribution is 2.26. The minimum Gasteiger partial charge on any atom is -0.426 e. The number of likely N-dealkylation sites (tertiary alicyclic amines) is 1. The standard InChI is InChI=1S/C13H26BN3O5S/c1-9(2)23(21,22)16-7-5-11(15)10(8-16)13(18)17-6-3-4-12(17)14(19)20/h9-12,19-20H,3-8,15H2,1-2H3/t10-,11-,12+/m1/s1. The van der Waals surface area contributed by atoms with Crippen LogP contribution >= 0.6 is 0 Å². The SMILES string of the molecule is CC(C)S(=O)(=O)N1CC[C@@H](N)[C@H](C(=O)N2CCC[C@H]2B(O)O)C1. The second kappa shape index (κ2) is 7.06. The first kappa shape index (κ1) is 18.7. The summed E-state index contributed by atoms with van der Waals surface area (Å²) in [5.74, 6) is -1.56. The van der Waals surface area contributed by atoms with Crippen molar-refractivity contribution in [1.82, 2.24) is 9.21 Å². The lowest BCUT2D eigenvalue weighted by atomic mass is 9.77. The number of amides is 1. The van der Waals surface area contributed by atoms with Crippen molar-refractivity contribution < 1.29 is 23.3 Å². The summed E-state index contributed by atoms with van der Waals surface area (Å²) >= 11 is 0. The Bertz CT molecular complexity index is 542. The minimum atomic E-state index is -3.43. The first-order chi connectivity index (χ1) is 10.7. The Balaban J connectivity index is 2.15. The van der Waals surface area contributed by atoms with Gasteiger partial charge in [0.25, 0.3) is 0 Å². The third kappa shape index (κ3) is 3.71. The van der Waals surface area contributed by atoms with Crippen LogP contribution in [0.25, 0.3) is 0 Å². The molecule has 0 bridgehead atoms. The van der Waals surface area contributed by atoms with Gasteiger partial charge in [-0.25, -0.2) is 12.7 Å². The van der Waals surface area contributed by atoms with Gasteiger partial charge in [-0.15, -0.1) is 0 Å². The molecule has 0 spiro atoms. The van der Waals surface area contributed by atoms with Crippen molar-refractivity contribution in [3.8, 4) is 0 Å². The molecule has 2 aliphatic rings. The lowest BCUT2D eigenvalue weighted by Crippen LogP contribution is -2.57. The number of rotatable bonds is 4. The molecule has 0 radical (unpaired) electrons. The fourth-order valence-corrected chi connectivity index (χ4v) is 4.64. The van der Waals surface area contributed by atoms with E-state index in [2.05, 4.69) is 0 Å². The summed E-state index contributed by atoms with van der Waals surface area (Å²) in [6, 6.07) is -0.418. The maximum atomic E-state index is 12.8. The number of carbonyl (C=O) groups is 1. The van der Waals surface area contributed by atoms with Gasteiger partial charge < -0.3 is 20.7 Å². The number of hydrogen-bond acceptors (Lipinski definition) is 6. The van der Waals surface area contributed by atoms with Crippen LogP contribution in [-0.4, -0.2) is 77.6 Å². The molecule has 2 heterocycles. The predicted molar refractivity (Wildman–Crippen MR) is 86.6 cm³/mol. The van der Waals surface area contributed by atoms with E-state index >= 15 is 0 Å². The van der Waals surface area contributed by atoms with Gasteiger partial charge in [-0.2, -0.15) is 0 Å². The zero-order chi connectivity index (χ0) is 17.4. The van der Waals surface area contributed by atoms with Crippen molar-refractivity contribution >= 4 is 23.0 Å². The summed E-state index contributed by atoms with van der Waals surface area (Å²) < 4.78 is 26.0. The average Bonchev–Trinajstić information content (AvgIpc) is 2.96. The molecule has 2 fully saturated rings. The normalized spacial score (nSPS) is 30.0. The Kier molecular flexibility index (Phi) is 5.73. The predicted octanol–water partition coefficient (Wildman–Crippen LogP) is -1.62. The second-order valence-corrected chi connectivity index (χ2v) is 9.15. The Hall–Kier alpha value is -0.675.